The van der Waals surface area contributed by atoms with Crippen molar-refractivity contribution in [3.63, 3.8) is 0 Å². The molecule has 172 valence electrons. The van der Waals surface area contributed by atoms with Crippen LogP contribution >= 0.6 is 23.0 Å². The first-order valence-electron chi connectivity index (χ1n) is 7.59. The zero-order valence-corrected chi connectivity index (χ0v) is 17.1. The van der Waals surface area contributed by atoms with Crippen molar-refractivity contribution in [2.75, 3.05) is 12.5 Å². The van der Waals surface area contributed by atoms with Crippen LogP contribution in [-0.4, -0.2) is 70.2 Å². The van der Waals surface area contributed by atoms with E-state index in [1.165, 1.54) is 0 Å². The average Bonchev–Trinajstić information content (AvgIpc) is 2.81. The third-order valence-corrected chi connectivity index (χ3v) is 8.76. The van der Waals surface area contributed by atoms with Crippen LogP contribution < -0.4 is 11.2 Å². The molecule has 1 aliphatic heterocycles. The average molecular weight is 500 g/mol. The molecule has 0 aromatic carbocycles. The highest BCUT2D eigenvalue weighted by molar-refractivity contribution is 7.73. The van der Waals surface area contributed by atoms with Gasteiger partial charge in [-0.05, 0) is 0 Å². The zero-order chi connectivity index (χ0) is 23.1. The smallest absolute Gasteiger partial charge is 0.387 e. The van der Waals surface area contributed by atoms with Gasteiger partial charge in [-0.25, -0.2) is 13.7 Å². The number of halogens is 1. The van der Waals surface area contributed by atoms with Gasteiger partial charge in [0.2, 0.25) is 5.82 Å². The van der Waals surface area contributed by atoms with Crippen LogP contribution in [0.2, 0.25) is 0 Å². The highest BCUT2D eigenvalue weighted by atomic mass is 31.3. The van der Waals surface area contributed by atoms with Crippen LogP contribution in [0.25, 0.3) is 0 Å². The minimum Gasteiger partial charge on any atom is -0.387 e. The first kappa shape index (κ1) is 25.2. The molecule has 1 aliphatic rings. The Morgan fingerprint density at radius 3 is 2.30 bits per heavy atom. The van der Waals surface area contributed by atoms with Crippen LogP contribution in [0, 0.1) is 5.82 Å². The van der Waals surface area contributed by atoms with Gasteiger partial charge in [0, 0.05) is 0 Å². The fraction of sp³-hybridized carbons (Fsp3) is 0.600. The number of rotatable bonds is 8. The fourth-order valence-corrected chi connectivity index (χ4v) is 6.70. The van der Waals surface area contributed by atoms with Gasteiger partial charge in [-0.1, -0.05) is 0 Å². The summed E-state index contributed by atoms with van der Waals surface area (Å²) in [7, 11) is -15.8. The fourth-order valence-electron chi connectivity index (χ4n) is 2.36. The summed E-state index contributed by atoms with van der Waals surface area (Å²) < 4.78 is 61.0. The van der Waals surface area contributed by atoms with Crippen LogP contribution in [0.3, 0.4) is 0 Å². The molecule has 2 unspecified atom stereocenters. The number of hydrogen-bond acceptors (Lipinski definition) is 10. The van der Waals surface area contributed by atoms with Crippen molar-refractivity contribution >= 4 is 23.0 Å². The van der Waals surface area contributed by atoms with E-state index in [1.807, 2.05) is 0 Å². The van der Waals surface area contributed by atoms with Gasteiger partial charge in [0.1, 0.15) is 18.3 Å². The van der Waals surface area contributed by atoms with Crippen molar-refractivity contribution in [2.24, 2.45) is 0 Å². The van der Waals surface area contributed by atoms with Crippen molar-refractivity contribution in [3.05, 3.63) is 32.9 Å². The molecule has 0 amide bonds. The summed E-state index contributed by atoms with van der Waals surface area (Å²) in [6.45, 7) is -1.08. The number of ether oxygens (including phenoxy) is 1. The lowest BCUT2D eigenvalue weighted by Crippen LogP contribution is -2.38. The van der Waals surface area contributed by atoms with Gasteiger partial charge in [0.15, 0.2) is 12.1 Å². The SMILES string of the molecule is O=c1[nH]c(=O)n([C@@H]2O[C@H](COP(=O)(O)OP(=O)(O)CP(=O)(O)O)[C@@H](O)[C@H]2O)cc1F. The topological polar surface area (TPSA) is 255 Å². The minimum absolute atomic E-state index is 0.384. The van der Waals surface area contributed by atoms with Crippen molar-refractivity contribution in [3.8, 4) is 0 Å². The lowest BCUT2D eigenvalue weighted by atomic mass is 10.1. The maximum Gasteiger partial charge on any atom is 0.479 e. The second-order valence-electron chi connectivity index (χ2n) is 5.98. The van der Waals surface area contributed by atoms with E-state index in [0.717, 1.165) is 0 Å². The summed E-state index contributed by atoms with van der Waals surface area (Å²) in [5, 5.41) is 19.9. The molecule has 0 radical (unpaired) electrons. The molecule has 1 fully saturated rings. The summed E-state index contributed by atoms with van der Waals surface area (Å²) in [5.74, 6) is -3.20. The summed E-state index contributed by atoms with van der Waals surface area (Å²) in [4.78, 5) is 60.3. The van der Waals surface area contributed by atoms with Crippen LogP contribution in [0.5, 0.6) is 0 Å². The third kappa shape index (κ3) is 6.47. The van der Waals surface area contributed by atoms with Gasteiger partial charge in [-0.2, -0.15) is 4.39 Å². The number of phosphoric acid groups is 1. The van der Waals surface area contributed by atoms with Crippen LogP contribution in [0.15, 0.2) is 15.8 Å². The summed E-state index contributed by atoms with van der Waals surface area (Å²) in [6.07, 6.45) is -6.82. The molecule has 2 heterocycles. The maximum atomic E-state index is 13.4. The maximum absolute atomic E-state index is 13.4. The molecule has 7 N–H and O–H groups in total. The molecule has 6 atom stereocenters. The standard InChI is InChI=1S/C10H16FN2O14P3/c11-4-1-13(10(17)12-8(4)16)9-7(15)6(14)5(26-9)2-25-30(23,24)27-29(21,22)3-28(18,19)20/h1,5-7,9,14-15H,2-3H2,(H,21,22)(H,23,24)(H,12,16,17)(H2,18,19,20)/t5-,6-,7-,9-/m1/s1. The van der Waals surface area contributed by atoms with E-state index < -0.39 is 77.1 Å². The lowest BCUT2D eigenvalue weighted by Gasteiger charge is -2.19. The number of aliphatic hydroxyl groups excluding tert-OH is 2. The summed E-state index contributed by atoms with van der Waals surface area (Å²) in [6, 6.07) is 0. The molecule has 0 bridgehead atoms. The van der Waals surface area contributed by atoms with E-state index in [9.17, 15) is 47.7 Å². The van der Waals surface area contributed by atoms with Crippen molar-refractivity contribution in [1.29, 1.82) is 0 Å². The predicted octanol–water partition coefficient (Wildman–Crippen LogP) is -2.25. The molecule has 0 spiro atoms. The second-order valence-corrected chi connectivity index (χ2v) is 11.6. The molecule has 1 saturated heterocycles. The number of hydrogen-bond donors (Lipinski definition) is 7. The van der Waals surface area contributed by atoms with E-state index in [1.54, 1.807) is 4.98 Å². The van der Waals surface area contributed by atoms with Crippen LogP contribution in [0.1, 0.15) is 6.23 Å². The normalized spacial score (nSPS) is 28.8. The summed E-state index contributed by atoms with van der Waals surface area (Å²) >= 11 is 0. The Morgan fingerprint density at radius 2 is 1.73 bits per heavy atom. The van der Waals surface area contributed by atoms with Gasteiger partial charge >= 0.3 is 28.7 Å². The molecule has 0 aliphatic carbocycles. The first-order chi connectivity index (χ1) is 13.5. The van der Waals surface area contributed by atoms with E-state index in [2.05, 4.69) is 8.83 Å². The molecule has 20 heteroatoms. The third-order valence-electron chi connectivity index (χ3n) is 3.53. The summed E-state index contributed by atoms with van der Waals surface area (Å²) in [5.41, 5.74) is -2.57. The Bertz CT molecular complexity index is 1050. The van der Waals surface area contributed by atoms with E-state index in [-0.39, 0.29) is 0 Å². The number of phosphoric ester groups is 1. The van der Waals surface area contributed by atoms with E-state index in [4.69, 9.17) is 14.5 Å². The number of nitrogens with one attached hydrogen (secondary N) is 1. The molecular weight excluding hydrogens is 484 g/mol. The number of aromatic nitrogens is 2. The van der Waals surface area contributed by atoms with Crippen LogP contribution in [0.4, 0.5) is 4.39 Å². The van der Waals surface area contributed by atoms with Gasteiger partial charge in [-0.3, -0.25) is 28.0 Å². The number of aromatic amines is 1. The molecule has 1 aromatic rings. The monoisotopic (exact) mass is 500 g/mol. The lowest BCUT2D eigenvalue weighted by molar-refractivity contribution is -0.0545. The van der Waals surface area contributed by atoms with E-state index >= 15 is 0 Å². The van der Waals surface area contributed by atoms with Crippen molar-refractivity contribution in [1.82, 2.24) is 9.55 Å². The highest BCUT2D eigenvalue weighted by Gasteiger charge is 2.46. The zero-order valence-electron chi connectivity index (χ0n) is 14.4. The minimum atomic E-state index is -5.42. The van der Waals surface area contributed by atoms with Gasteiger partial charge in [0.25, 0.3) is 5.56 Å². The quantitative estimate of drug-likeness (QED) is 0.186. The Labute approximate surface area is 164 Å². The van der Waals surface area contributed by atoms with Gasteiger partial charge in [0.05, 0.1) is 12.8 Å². The molecule has 1 aromatic heterocycles. The first-order valence-corrected chi connectivity index (χ1v) is 12.6. The highest BCUT2D eigenvalue weighted by Crippen LogP contribution is 2.65. The second kappa shape index (κ2) is 8.82. The number of aliphatic hydroxyl groups is 2. The Balaban J connectivity index is 2.09. The molecule has 0 saturated carbocycles. The molecular formula is C10H16FN2O14P3. The molecule has 30 heavy (non-hydrogen) atoms. The molecule has 16 nitrogen and oxygen atoms in total. The van der Waals surface area contributed by atoms with E-state index in [0.29, 0.717) is 10.8 Å². The van der Waals surface area contributed by atoms with Gasteiger partial charge in [-0.15, -0.1) is 0 Å². The van der Waals surface area contributed by atoms with Gasteiger partial charge < -0.3 is 34.5 Å². The van der Waals surface area contributed by atoms with Crippen molar-refractivity contribution in [2.45, 2.75) is 24.5 Å². The largest absolute Gasteiger partial charge is 0.479 e. The van der Waals surface area contributed by atoms with Crippen molar-refractivity contribution < 1.29 is 61.4 Å². The Hall–Kier alpha value is -1.06. The predicted molar refractivity (Wildman–Crippen MR) is 90.8 cm³/mol. The Kier molecular flexibility index (Phi) is 7.41. The van der Waals surface area contributed by atoms with Crippen LogP contribution in [-0.2, 0) is 27.3 Å². The number of H-pyrrole nitrogens is 1. The Morgan fingerprint density at radius 1 is 1.13 bits per heavy atom. The number of nitrogens with zero attached hydrogens (tertiary/aromatic N) is 1. The molecule has 2 rings (SSSR count).